The van der Waals surface area contributed by atoms with Gasteiger partial charge in [0.1, 0.15) is 0 Å². The Balaban J connectivity index is 1.57. The predicted octanol–water partition coefficient (Wildman–Crippen LogP) is 2.05. The highest BCUT2D eigenvalue weighted by molar-refractivity contribution is 7.10. The van der Waals surface area contributed by atoms with Crippen LogP contribution < -0.4 is 10.6 Å². The van der Waals surface area contributed by atoms with Gasteiger partial charge in [-0.25, -0.2) is 0 Å². The van der Waals surface area contributed by atoms with E-state index in [1.165, 1.54) is 0 Å². The number of amides is 1. The molecule has 6 heteroatoms. The highest BCUT2D eigenvalue weighted by Gasteiger charge is 2.16. The fourth-order valence-corrected chi connectivity index (χ4v) is 3.15. The van der Waals surface area contributed by atoms with E-state index >= 15 is 0 Å². The molecule has 1 saturated heterocycles. The van der Waals surface area contributed by atoms with Crippen molar-refractivity contribution in [3.63, 3.8) is 0 Å². The Morgan fingerprint density at radius 2 is 2.35 bits per heavy atom. The number of rotatable bonds is 4. The Morgan fingerprint density at radius 1 is 1.50 bits per heavy atom. The number of hydrogen-bond donors (Lipinski definition) is 2. The van der Waals surface area contributed by atoms with Crippen LogP contribution in [0.5, 0.6) is 0 Å². The van der Waals surface area contributed by atoms with E-state index in [9.17, 15) is 4.79 Å². The zero-order valence-electron chi connectivity index (χ0n) is 11.2. The van der Waals surface area contributed by atoms with Crippen molar-refractivity contribution in [2.24, 2.45) is 0 Å². The average Bonchev–Trinajstić information content (AvgIpc) is 3.11. The summed E-state index contributed by atoms with van der Waals surface area (Å²) in [6, 6.07) is 4.38. The standard InChI is InChI=1S/C14H18N4OS/c19-14(8-13-2-1-7-20-13)17-11-9-16-18(10-11)12-3-5-15-6-4-12/h1-2,7,9-10,12,15H,3-6,8H2,(H,17,19). The van der Waals surface area contributed by atoms with Gasteiger partial charge in [-0.1, -0.05) is 6.07 Å². The lowest BCUT2D eigenvalue weighted by atomic mass is 10.1. The maximum Gasteiger partial charge on any atom is 0.229 e. The van der Waals surface area contributed by atoms with Gasteiger partial charge in [-0.15, -0.1) is 11.3 Å². The fourth-order valence-electron chi connectivity index (χ4n) is 2.45. The summed E-state index contributed by atoms with van der Waals surface area (Å²) >= 11 is 1.60. The molecule has 0 unspecified atom stereocenters. The minimum absolute atomic E-state index is 0.0114. The van der Waals surface area contributed by atoms with Gasteiger partial charge in [0.05, 0.1) is 24.3 Å². The van der Waals surface area contributed by atoms with Crippen LogP contribution in [0.1, 0.15) is 23.8 Å². The number of piperidine rings is 1. The highest BCUT2D eigenvalue weighted by Crippen LogP contribution is 2.19. The molecular weight excluding hydrogens is 272 g/mol. The third-order valence-electron chi connectivity index (χ3n) is 3.48. The predicted molar refractivity (Wildman–Crippen MR) is 80.0 cm³/mol. The molecule has 0 aromatic carbocycles. The van der Waals surface area contributed by atoms with Crippen molar-refractivity contribution in [3.05, 3.63) is 34.8 Å². The Labute approximate surface area is 122 Å². The molecule has 3 heterocycles. The van der Waals surface area contributed by atoms with Crippen molar-refractivity contribution in [2.45, 2.75) is 25.3 Å². The topological polar surface area (TPSA) is 59.0 Å². The van der Waals surface area contributed by atoms with Crippen LogP contribution in [-0.2, 0) is 11.2 Å². The smallest absolute Gasteiger partial charge is 0.229 e. The Kier molecular flexibility index (Phi) is 4.13. The van der Waals surface area contributed by atoms with Crippen molar-refractivity contribution in [1.82, 2.24) is 15.1 Å². The molecule has 1 fully saturated rings. The Hall–Kier alpha value is -1.66. The van der Waals surface area contributed by atoms with Gasteiger partial charge < -0.3 is 10.6 Å². The molecule has 2 N–H and O–H groups in total. The first-order valence-corrected chi connectivity index (χ1v) is 7.76. The van der Waals surface area contributed by atoms with Gasteiger partial charge in [0, 0.05) is 11.1 Å². The van der Waals surface area contributed by atoms with E-state index in [0.29, 0.717) is 12.5 Å². The SMILES string of the molecule is O=C(Cc1cccs1)Nc1cnn(C2CCNCC2)c1. The summed E-state index contributed by atoms with van der Waals surface area (Å²) in [6.45, 7) is 2.06. The molecule has 0 atom stereocenters. The molecule has 2 aromatic rings. The monoisotopic (exact) mass is 290 g/mol. The largest absolute Gasteiger partial charge is 0.323 e. The second-order valence-corrected chi connectivity index (χ2v) is 6.03. The molecule has 1 amide bonds. The van der Waals surface area contributed by atoms with Crippen molar-refractivity contribution >= 4 is 22.9 Å². The van der Waals surface area contributed by atoms with Crippen molar-refractivity contribution < 1.29 is 4.79 Å². The van der Waals surface area contributed by atoms with Crippen molar-refractivity contribution in [2.75, 3.05) is 18.4 Å². The Bertz CT molecular complexity index is 558. The summed E-state index contributed by atoms with van der Waals surface area (Å²) < 4.78 is 1.97. The van der Waals surface area contributed by atoms with Gasteiger partial charge in [0.25, 0.3) is 0 Å². The van der Waals surface area contributed by atoms with Crippen LogP contribution in [0.3, 0.4) is 0 Å². The zero-order chi connectivity index (χ0) is 13.8. The number of anilines is 1. The Morgan fingerprint density at radius 3 is 3.10 bits per heavy atom. The van der Waals surface area contributed by atoms with Crippen molar-refractivity contribution in [1.29, 1.82) is 0 Å². The molecule has 0 saturated carbocycles. The van der Waals surface area contributed by atoms with E-state index in [1.807, 2.05) is 28.4 Å². The van der Waals surface area contributed by atoms with E-state index in [2.05, 4.69) is 15.7 Å². The quantitative estimate of drug-likeness (QED) is 0.906. The summed E-state index contributed by atoms with van der Waals surface area (Å²) in [6.07, 6.45) is 6.27. The normalized spacial score (nSPS) is 16.2. The molecule has 0 bridgehead atoms. The third kappa shape index (κ3) is 3.26. The number of nitrogens with one attached hydrogen (secondary N) is 2. The van der Waals surface area contributed by atoms with E-state index in [-0.39, 0.29) is 5.91 Å². The zero-order valence-corrected chi connectivity index (χ0v) is 12.0. The molecule has 3 rings (SSSR count). The summed E-state index contributed by atoms with van der Waals surface area (Å²) in [5.74, 6) is 0.0114. The van der Waals surface area contributed by atoms with Crippen LogP contribution in [0.15, 0.2) is 29.9 Å². The fraction of sp³-hybridized carbons (Fsp3) is 0.429. The number of thiophene rings is 1. The molecular formula is C14H18N4OS. The first kappa shape index (κ1) is 13.3. The van der Waals surface area contributed by atoms with Crippen LogP contribution in [0.4, 0.5) is 5.69 Å². The number of carbonyl (C=O) groups is 1. The molecule has 20 heavy (non-hydrogen) atoms. The van der Waals surface area contributed by atoms with Gasteiger partial charge >= 0.3 is 0 Å². The molecule has 0 radical (unpaired) electrons. The summed E-state index contributed by atoms with van der Waals surface area (Å²) in [5, 5.41) is 12.6. The van der Waals surface area contributed by atoms with E-state index in [0.717, 1.165) is 36.5 Å². The first-order valence-electron chi connectivity index (χ1n) is 6.88. The molecule has 5 nitrogen and oxygen atoms in total. The lowest BCUT2D eigenvalue weighted by Gasteiger charge is -2.22. The van der Waals surface area contributed by atoms with Crippen LogP contribution in [0.25, 0.3) is 0 Å². The second-order valence-electron chi connectivity index (χ2n) is 4.99. The summed E-state index contributed by atoms with van der Waals surface area (Å²) in [4.78, 5) is 13.0. The minimum atomic E-state index is 0.0114. The van der Waals surface area contributed by atoms with Gasteiger partial charge in [-0.3, -0.25) is 9.48 Å². The second kappa shape index (κ2) is 6.19. The van der Waals surface area contributed by atoms with Crippen LogP contribution >= 0.6 is 11.3 Å². The molecule has 106 valence electrons. The van der Waals surface area contributed by atoms with Crippen LogP contribution in [0, 0.1) is 0 Å². The average molecular weight is 290 g/mol. The lowest BCUT2D eigenvalue weighted by molar-refractivity contribution is -0.115. The molecule has 0 aliphatic carbocycles. The van der Waals surface area contributed by atoms with E-state index in [4.69, 9.17) is 0 Å². The number of hydrogen-bond acceptors (Lipinski definition) is 4. The van der Waals surface area contributed by atoms with E-state index in [1.54, 1.807) is 17.5 Å². The summed E-state index contributed by atoms with van der Waals surface area (Å²) in [7, 11) is 0. The lowest BCUT2D eigenvalue weighted by Crippen LogP contribution is -2.29. The molecule has 2 aromatic heterocycles. The highest BCUT2D eigenvalue weighted by atomic mass is 32.1. The molecule has 1 aliphatic rings. The minimum Gasteiger partial charge on any atom is -0.323 e. The third-order valence-corrected chi connectivity index (χ3v) is 4.36. The number of nitrogens with zero attached hydrogens (tertiary/aromatic N) is 2. The van der Waals surface area contributed by atoms with Gasteiger partial charge in [0.2, 0.25) is 5.91 Å². The number of aromatic nitrogens is 2. The van der Waals surface area contributed by atoms with Crippen molar-refractivity contribution in [3.8, 4) is 0 Å². The van der Waals surface area contributed by atoms with Gasteiger partial charge in [0.15, 0.2) is 0 Å². The van der Waals surface area contributed by atoms with E-state index < -0.39 is 0 Å². The number of carbonyl (C=O) groups excluding carboxylic acids is 1. The van der Waals surface area contributed by atoms with Gasteiger partial charge in [-0.2, -0.15) is 5.10 Å². The maximum absolute atomic E-state index is 11.9. The summed E-state index contributed by atoms with van der Waals surface area (Å²) in [5.41, 5.74) is 0.782. The van der Waals surface area contributed by atoms with Gasteiger partial charge in [-0.05, 0) is 37.4 Å². The van der Waals surface area contributed by atoms with Crippen LogP contribution in [0.2, 0.25) is 0 Å². The molecule has 0 spiro atoms. The molecule has 1 aliphatic heterocycles. The first-order chi connectivity index (χ1) is 9.81. The maximum atomic E-state index is 11.9. The van der Waals surface area contributed by atoms with Crippen LogP contribution in [-0.4, -0.2) is 28.8 Å².